The van der Waals surface area contributed by atoms with Crippen LogP contribution in [0.4, 0.5) is 0 Å². The molecule has 0 radical (unpaired) electrons. The van der Waals surface area contributed by atoms with Crippen LogP contribution in [0.2, 0.25) is 0 Å². The molecule has 0 saturated heterocycles. The molecular formula is C58H38N4Si. The number of nitrogens with zero attached hydrogens (tertiary/aromatic N) is 4. The van der Waals surface area contributed by atoms with Crippen LogP contribution < -0.4 is 20.7 Å². The van der Waals surface area contributed by atoms with Crippen LogP contribution in [0, 0.1) is 0 Å². The summed E-state index contributed by atoms with van der Waals surface area (Å²) in [5.41, 5.74) is 12.2. The number of benzene rings is 9. The lowest BCUT2D eigenvalue weighted by Gasteiger charge is -2.32. The molecule has 0 unspecified atom stereocenters. The number of fused-ring (bicyclic) bond motifs is 10. The predicted molar refractivity (Wildman–Crippen MR) is 264 cm³/mol. The van der Waals surface area contributed by atoms with E-state index in [1.165, 1.54) is 58.9 Å². The summed E-state index contributed by atoms with van der Waals surface area (Å²) >= 11 is 0. The summed E-state index contributed by atoms with van der Waals surface area (Å²) in [5.74, 6) is 0.712. The van der Waals surface area contributed by atoms with Crippen molar-refractivity contribution in [2.75, 3.05) is 0 Å². The fraction of sp³-hybridized carbons (Fsp3) is 0. The van der Waals surface area contributed by atoms with Crippen molar-refractivity contribution in [2.45, 2.75) is 0 Å². The molecule has 63 heavy (non-hydrogen) atoms. The van der Waals surface area contributed by atoms with Crippen molar-refractivity contribution in [1.82, 2.24) is 19.1 Å². The number of hydrogen-bond donors (Lipinski definition) is 0. The standard InChI is InChI=1S/C58H38N4Si/c1-5-20-39(21-6-1)55-57-56(47-32-15-18-35-52(47)63(57,43-26-9-3-10-27-43)44-28-11-4-12-29-44)60-58(59-55)40-22-19-25-42(38-40)62-49-34-17-14-31-46(49)54-51(62)37-36-50-53(54)45-30-13-16-33-48(45)61(50)41-23-7-2-8-24-41/h1-38H. The van der Waals surface area contributed by atoms with Gasteiger partial charge < -0.3 is 9.13 Å². The van der Waals surface area contributed by atoms with Crippen molar-refractivity contribution < 1.29 is 0 Å². The van der Waals surface area contributed by atoms with Crippen molar-refractivity contribution in [3.05, 3.63) is 231 Å². The van der Waals surface area contributed by atoms with Gasteiger partial charge in [-0.25, -0.2) is 9.97 Å². The van der Waals surface area contributed by atoms with E-state index in [1.807, 2.05) is 0 Å². The fourth-order valence-corrected chi connectivity index (χ4v) is 15.9. The largest absolute Gasteiger partial charge is 0.309 e. The average Bonchev–Trinajstić information content (AvgIpc) is 3.99. The second-order valence-electron chi connectivity index (χ2n) is 16.5. The third-order valence-corrected chi connectivity index (χ3v) is 18.0. The first kappa shape index (κ1) is 35.6. The second kappa shape index (κ2) is 14.0. The van der Waals surface area contributed by atoms with Crippen LogP contribution in [0.15, 0.2) is 231 Å². The third kappa shape index (κ3) is 5.14. The van der Waals surface area contributed by atoms with Crippen LogP contribution in [0.5, 0.6) is 0 Å². The lowest BCUT2D eigenvalue weighted by Crippen LogP contribution is -2.73. The smallest absolute Gasteiger partial charge is 0.185 e. The van der Waals surface area contributed by atoms with Gasteiger partial charge in [0.2, 0.25) is 0 Å². The minimum Gasteiger partial charge on any atom is -0.309 e. The van der Waals surface area contributed by atoms with E-state index in [0.717, 1.165) is 44.9 Å². The van der Waals surface area contributed by atoms with E-state index in [0.29, 0.717) is 5.82 Å². The molecule has 4 nitrogen and oxygen atoms in total. The minimum atomic E-state index is -2.89. The van der Waals surface area contributed by atoms with Gasteiger partial charge in [0.05, 0.1) is 33.5 Å². The van der Waals surface area contributed by atoms with Crippen LogP contribution in [0.1, 0.15) is 0 Å². The molecule has 9 aromatic carbocycles. The summed E-state index contributed by atoms with van der Waals surface area (Å²) in [6, 6.07) is 83.7. The van der Waals surface area contributed by atoms with E-state index in [2.05, 4.69) is 240 Å². The van der Waals surface area contributed by atoms with Gasteiger partial charge in [-0.3, -0.25) is 0 Å². The molecule has 4 heterocycles. The van der Waals surface area contributed by atoms with E-state index in [-0.39, 0.29) is 0 Å². The van der Waals surface area contributed by atoms with Crippen LogP contribution in [0.3, 0.4) is 0 Å². The van der Waals surface area contributed by atoms with E-state index in [4.69, 9.17) is 9.97 Å². The molecule has 294 valence electrons. The quantitative estimate of drug-likeness (QED) is 0.157. The summed E-state index contributed by atoms with van der Waals surface area (Å²) < 4.78 is 4.82. The monoisotopic (exact) mass is 818 g/mol. The molecule has 13 rings (SSSR count). The highest BCUT2D eigenvalue weighted by Crippen LogP contribution is 2.43. The molecule has 0 aliphatic carbocycles. The first-order chi connectivity index (χ1) is 31.3. The number of hydrogen-bond acceptors (Lipinski definition) is 2. The highest BCUT2D eigenvalue weighted by atomic mass is 28.3. The third-order valence-electron chi connectivity index (χ3n) is 13.2. The Morgan fingerprint density at radius 2 is 0.825 bits per heavy atom. The number of para-hydroxylation sites is 3. The van der Waals surface area contributed by atoms with Gasteiger partial charge in [0, 0.05) is 54.8 Å². The van der Waals surface area contributed by atoms with Gasteiger partial charge in [0.15, 0.2) is 13.9 Å². The Morgan fingerprint density at radius 1 is 0.349 bits per heavy atom. The SMILES string of the molecule is c1ccc(-c2nc(-c3cccc(-n4c5ccccc5c5c6c7ccccc7n(-c7ccccc7)c6ccc54)c3)nc3c2[Si](c2ccccc2)(c2ccccc2)c2ccccc2-3)cc1. The molecule has 1 aliphatic rings. The average molecular weight is 819 g/mol. The highest BCUT2D eigenvalue weighted by Gasteiger charge is 2.51. The van der Waals surface area contributed by atoms with Crippen LogP contribution >= 0.6 is 0 Å². The van der Waals surface area contributed by atoms with E-state index in [1.54, 1.807) is 0 Å². The maximum absolute atomic E-state index is 5.68. The van der Waals surface area contributed by atoms with Crippen molar-refractivity contribution in [3.63, 3.8) is 0 Å². The first-order valence-electron chi connectivity index (χ1n) is 21.6. The predicted octanol–water partition coefficient (Wildman–Crippen LogP) is 11.4. The van der Waals surface area contributed by atoms with Gasteiger partial charge in [-0.05, 0) is 64.1 Å². The van der Waals surface area contributed by atoms with E-state index >= 15 is 0 Å². The Labute approximate surface area is 365 Å². The molecule has 1 aliphatic heterocycles. The molecule has 0 amide bonds. The summed E-state index contributed by atoms with van der Waals surface area (Å²) in [4.78, 5) is 11.3. The summed E-state index contributed by atoms with van der Waals surface area (Å²) in [7, 11) is -2.89. The number of rotatable bonds is 6. The normalized spacial score (nSPS) is 12.9. The van der Waals surface area contributed by atoms with Crippen molar-refractivity contribution in [2.24, 2.45) is 0 Å². The molecule has 3 aromatic heterocycles. The lowest BCUT2D eigenvalue weighted by molar-refractivity contribution is 1.16. The zero-order valence-corrected chi connectivity index (χ0v) is 35.2. The van der Waals surface area contributed by atoms with Gasteiger partial charge in [0.1, 0.15) is 0 Å². The van der Waals surface area contributed by atoms with Gasteiger partial charge in [-0.1, -0.05) is 182 Å². The Kier molecular flexibility index (Phi) is 7.89. The summed E-state index contributed by atoms with van der Waals surface area (Å²) in [6.45, 7) is 0. The lowest BCUT2D eigenvalue weighted by atomic mass is 10.1. The molecular weight excluding hydrogens is 781 g/mol. The van der Waals surface area contributed by atoms with Crippen molar-refractivity contribution in [3.8, 4) is 45.3 Å². The fourth-order valence-electron chi connectivity index (χ4n) is 10.7. The zero-order valence-electron chi connectivity index (χ0n) is 34.2. The molecule has 5 heteroatoms. The summed E-state index contributed by atoms with van der Waals surface area (Å²) in [6.07, 6.45) is 0. The van der Waals surface area contributed by atoms with Crippen molar-refractivity contribution >= 4 is 72.4 Å². The molecule has 0 spiro atoms. The van der Waals surface area contributed by atoms with Gasteiger partial charge in [-0.2, -0.15) is 0 Å². The Hall–Kier alpha value is -8.12. The highest BCUT2D eigenvalue weighted by molar-refractivity contribution is 7.22. The minimum absolute atomic E-state index is 0.712. The van der Waals surface area contributed by atoms with Gasteiger partial charge in [0.25, 0.3) is 0 Å². The van der Waals surface area contributed by atoms with Gasteiger partial charge >= 0.3 is 0 Å². The first-order valence-corrected chi connectivity index (χ1v) is 23.6. The van der Waals surface area contributed by atoms with Crippen LogP contribution in [-0.2, 0) is 0 Å². The second-order valence-corrected chi connectivity index (χ2v) is 20.2. The van der Waals surface area contributed by atoms with Crippen molar-refractivity contribution in [1.29, 1.82) is 0 Å². The van der Waals surface area contributed by atoms with E-state index in [9.17, 15) is 0 Å². The van der Waals surface area contributed by atoms with E-state index < -0.39 is 8.07 Å². The molecule has 0 fully saturated rings. The summed E-state index contributed by atoms with van der Waals surface area (Å²) in [5, 5.41) is 10.2. The Morgan fingerprint density at radius 3 is 1.46 bits per heavy atom. The maximum atomic E-state index is 5.68. The Balaban J connectivity index is 1.07. The topological polar surface area (TPSA) is 35.6 Å². The molecule has 0 bridgehead atoms. The van der Waals surface area contributed by atoms with Crippen LogP contribution in [-0.4, -0.2) is 27.2 Å². The number of aromatic nitrogens is 4. The molecule has 12 aromatic rings. The Bertz CT molecular complexity index is 3690. The molecule has 0 saturated carbocycles. The molecule has 0 atom stereocenters. The van der Waals surface area contributed by atoms with Gasteiger partial charge in [-0.15, -0.1) is 0 Å². The van der Waals surface area contributed by atoms with Crippen LogP contribution in [0.25, 0.3) is 88.9 Å². The molecule has 0 N–H and O–H groups in total. The maximum Gasteiger partial charge on any atom is 0.185 e. The zero-order chi connectivity index (χ0) is 41.5.